The highest BCUT2D eigenvalue weighted by Gasteiger charge is 2.14. The first-order valence-electron chi connectivity index (χ1n) is 5.61. The molecule has 0 saturated heterocycles. The van der Waals surface area contributed by atoms with E-state index in [1.54, 1.807) is 19.2 Å². The second kappa shape index (κ2) is 6.08. The van der Waals surface area contributed by atoms with Crippen LogP contribution >= 0.6 is 0 Å². The minimum absolute atomic E-state index is 0.0783. The Bertz CT molecular complexity index is 391. The fourth-order valence-corrected chi connectivity index (χ4v) is 1.44. The van der Waals surface area contributed by atoms with Crippen LogP contribution in [0.4, 0.5) is 11.4 Å². The molecule has 94 valence electrons. The summed E-state index contributed by atoms with van der Waals surface area (Å²) < 4.78 is 5.05. The Morgan fingerprint density at radius 2 is 2.18 bits per heavy atom. The number of hydrogen-bond donors (Lipinski definition) is 1. The van der Waals surface area contributed by atoms with Crippen molar-refractivity contribution in [2.45, 2.75) is 20.3 Å². The molecule has 0 saturated carbocycles. The normalized spacial score (nSPS) is 10.4. The molecule has 1 rings (SSSR count). The lowest BCUT2D eigenvalue weighted by Gasteiger charge is -2.10. The van der Waals surface area contributed by atoms with Gasteiger partial charge in [0.1, 0.15) is 11.4 Å². The first kappa shape index (κ1) is 13.3. The van der Waals surface area contributed by atoms with Crippen LogP contribution in [0.1, 0.15) is 20.3 Å². The molecule has 0 fully saturated rings. The Kier molecular flexibility index (Phi) is 4.75. The largest absolute Gasteiger partial charge is 0.497 e. The molecular formula is C12H18N2O3. The van der Waals surface area contributed by atoms with Crippen molar-refractivity contribution in [1.82, 2.24) is 0 Å². The summed E-state index contributed by atoms with van der Waals surface area (Å²) >= 11 is 0. The summed E-state index contributed by atoms with van der Waals surface area (Å²) in [5.74, 6) is 1.18. The second-order valence-corrected chi connectivity index (χ2v) is 4.25. The molecule has 0 aromatic heterocycles. The summed E-state index contributed by atoms with van der Waals surface area (Å²) in [4.78, 5) is 10.5. The third kappa shape index (κ3) is 3.94. The minimum Gasteiger partial charge on any atom is -0.497 e. The van der Waals surface area contributed by atoms with Gasteiger partial charge in [-0.25, -0.2) is 0 Å². The number of nitro groups is 1. The fourth-order valence-electron chi connectivity index (χ4n) is 1.44. The van der Waals surface area contributed by atoms with Gasteiger partial charge in [0, 0.05) is 18.7 Å². The molecule has 5 heteroatoms. The molecule has 0 aliphatic carbocycles. The van der Waals surface area contributed by atoms with E-state index in [2.05, 4.69) is 19.2 Å². The van der Waals surface area contributed by atoms with Crippen LogP contribution in [0.5, 0.6) is 5.75 Å². The highest BCUT2D eigenvalue weighted by molar-refractivity contribution is 5.64. The van der Waals surface area contributed by atoms with Gasteiger partial charge in [-0.1, -0.05) is 13.8 Å². The number of nitrogens with one attached hydrogen (secondary N) is 1. The molecule has 1 N–H and O–H groups in total. The average molecular weight is 238 g/mol. The molecule has 0 atom stereocenters. The molecule has 1 aromatic carbocycles. The molecule has 1 aromatic rings. The van der Waals surface area contributed by atoms with Gasteiger partial charge in [0.25, 0.3) is 5.69 Å². The van der Waals surface area contributed by atoms with E-state index in [1.165, 1.54) is 6.07 Å². The SMILES string of the molecule is COc1ccc([N+](=O)[O-])c(NCCC(C)C)c1. The van der Waals surface area contributed by atoms with Crippen molar-refractivity contribution in [3.63, 3.8) is 0 Å². The number of benzene rings is 1. The van der Waals surface area contributed by atoms with E-state index in [0.29, 0.717) is 23.9 Å². The van der Waals surface area contributed by atoms with Crippen LogP contribution in [0.15, 0.2) is 18.2 Å². The van der Waals surface area contributed by atoms with Gasteiger partial charge in [0.2, 0.25) is 0 Å². The standard InChI is InChI=1S/C12H18N2O3/c1-9(2)6-7-13-11-8-10(17-3)4-5-12(11)14(15)16/h4-5,8-9,13H,6-7H2,1-3H3. The summed E-state index contributed by atoms with van der Waals surface area (Å²) in [6.45, 7) is 4.94. The number of ether oxygens (including phenoxy) is 1. The van der Waals surface area contributed by atoms with Crippen LogP contribution in [0.2, 0.25) is 0 Å². The van der Waals surface area contributed by atoms with Crippen LogP contribution in [-0.4, -0.2) is 18.6 Å². The zero-order chi connectivity index (χ0) is 12.8. The van der Waals surface area contributed by atoms with E-state index in [1.807, 2.05) is 0 Å². The van der Waals surface area contributed by atoms with E-state index >= 15 is 0 Å². The van der Waals surface area contributed by atoms with Crippen molar-refractivity contribution in [2.75, 3.05) is 19.0 Å². The molecule has 0 amide bonds. The third-order valence-electron chi connectivity index (χ3n) is 2.44. The molecule has 17 heavy (non-hydrogen) atoms. The maximum Gasteiger partial charge on any atom is 0.292 e. The number of nitrogens with zero attached hydrogens (tertiary/aromatic N) is 1. The van der Waals surface area contributed by atoms with E-state index < -0.39 is 4.92 Å². The Balaban J connectivity index is 2.82. The van der Waals surface area contributed by atoms with E-state index in [4.69, 9.17) is 4.74 Å². The van der Waals surface area contributed by atoms with Crippen molar-refractivity contribution in [1.29, 1.82) is 0 Å². The van der Waals surface area contributed by atoms with E-state index in [-0.39, 0.29) is 5.69 Å². The Labute approximate surface area is 101 Å². The Hall–Kier alpha value is -1.78. The third-order valence-corrected chi connectivity index (χ3v) is 2.44. The predicted octanol–water partition coefficient (Wildman–Crippen LogP) is 3.06. The topological polar surface area (TPSA) is 64.4 Å². The van der Waals surface area contributed by atoms with Crippen LogP contribution in [0.25, 0.3) is 0 Å². The van der Waals surface area contributed by atoms with E-state index in [9.17, 15) is 10.1 Å². The molecule has 0 radical (unpaired) electrons. The smallest absolute Gasteiger partial charge is 0.292 e. The quantitative estimate of drug-likeness (QED) is 0.611. The molecular weight excluding hydrogens is 220 g/mol. The van der Waals surface area contributed by atoms with Gasteiger partial charge >= 0.3 is 0 Å². The van der Waals surface area contributed by atoms with Crippen LogP contribution in [-0.2, 0) is 0 Å². The second-order valence-electron chi connectivity index (χ2n) is 4.25. The highest BCUT2D eigenvalue weighted by Crippen LogP contribution is 2.28. The molecule has 0 spiro atoms. The number of rotatable bonds is 6. The van der Waals surface area contributed by atoms with Gasteiger partial charge in [-0.15, -0.1) is 0 Å². The summed E-state index contributed by atoms with van der Waals surface area (Å²) in [6, 6.07) is 4.70. The predicted molar refractivity (Wildman–Crippen MR) is 67.6 cm³/mol. The lowest BCUT2D eigenvalue weighted by Crippen LogP contribution is -2.06. The summed E-state index contributed by atoms with van der Waals surface area (Å²) in [7, 11) is 1.54. The van der Waals surface area contributed by atoms with Gasteiger partial charge in [-0.3, -0.25) is 10.1 Å². The number of anilines is 1. The van der Waals surface area contributed by atoms with Gasteiger partial charge in [0.05, 0.1) is 12.0 Å². The van der Waals surface area contributed by atoms with Crippen LogP contribution < -0.4 is 10.1 Å². The van der Waals surface area contributed by atoms with Gasteiger partial charge in [-0.05, 0) is 18.4 Å². The average Bonchev–Trinajstić information content (AvgIpc) is 2.28. The summed E-state index contributed by atoms with van der Waals surface area (Å²) in [5, 5.41) is 13.9. The van der Waals surface area contributed by atoms with Crippen molar-refractivity contribution >= 4 is 11.4 Å². The molecule has 0 heterocycles. The van der Waals surface area contributed by atoms with Gasteiger partial charge < -0.3 is 10.1 Å². The Morgan fingerprint density at radius 3 is 2.71 bits per heavy atom. The van der Waals surface area contributed by atoms with Crippen molar-refractivity contribution < 1.29 is 9.66 Å². The molecule has 0 unspecified atom stereocenters. The van der Waals surface area contributed by atoms with Crippen LogP contribution in [0.3, 0.4) is 0 Å². The van der Waals surface area contributed by atoms with Crippen LogP contribution in [0, 0.1) is 16.0 Å². The van der Waals surface area contributed by atoms with Crippen molar-refractivity contribution in [3.05, 3.63) is 28.3 Å². The van der Waals surface area contributed by atoms with Crippen molar-refractivity contribution in [2.24, 2.45) is 5.92 Å². The van der Waals surface area contributed by atoms with Gasteiger partial charge in [0.15, 0.2) is 0 Å². The number of methoxy groups -OCH3 is 1. The summed E-state index contributed by atoms with van der Waals surface area (Å²) in [6.07, 6.45) is 0.967. The first-order valence-corrected chi connectivity index (χ1v) is 5.61. The maximum atomic E-state index is 10.8. The minimum atomic E-state index is -0.392. The number of nitro benzene ring substituents is 1. The molecule has 0 bridgehead atoms. The lowest BCUT2D eigenvalue weighted by molar-refractivity contribution is -0.384. The number of hydrogen-bond acceptors (Lipinski definition) is 4. The van der Waals surface area contributed by atoms with Crippen molar-refractivity contribution in [3.8, 4) is 5.75 Å². The first-order chi connectivity index (χ1) is 8.04. The summed E-state index contributed by atoms with van der Waals surface area (Å²) in [5.41, 5.74) is 0.588. The monoisotopic (exact) mass is 238 g/mol. The lowest BCUT2D eigenvalue weighted by atomic mass is 10.1. The highest BCUT2D eigenvalue weighted by atomic mass is 16.6. The molecule has 5 nitrogen and oxygen atoms in total. The fraction of sp³-hybridized carbons (Fsp3) is 0.500. The maximum absolute atomic E-state index is 10.8. The van der Waals surface area contributed by atoms with Gasteiger partial charge in [-0.2, -0.15) is 0 Å². The molecule has 0 aliphatic rings. The molecule has 0 aliphatic heterocycles. The van der Waals surface area contributed by atoms with E-state index in [0.717, 1.165) is 6.42 Å². The zero-order valence-electron chi connectivity index (χ0n) is 10.4. The zero-order valence-corrected chi connectivity index (χ0v) is 10.4. The Morgan fingerprint density at radius 1 is 1.47 bits per heavy atom.